The molecular formula is C24H31ClN6O. The van der Waals surface area contributed by atoms with E-state index in [-0.39, 0.29) is 5.91 Å². The van der Waals surface area contributed by atoms with Gasteiger partial charge in [-0.15, -0.1) is 0 Å². The molecule has 0 aliphatic carbocycles. The van der Waals surface area contributed by atoms with Gasteiger partial charge < -0.3 is 9.80 Å². The molecule has 32 heavy (non-hydrogen) atoms. The average Bonchev–Trinajstić information content (AvgIpc) is 2.82. The van der Waals surface area contributed by atoms with Crippen LogP contribution in [0, 0.1) is 5.92 Å². The monoisotopic (exact) mass is 454 g/mol. The van der Waals surface area contributed by atoms with Crippen LogP contribution in [0.15, 0.2) is 47.7 Å². The Labute approximate surface area is 195 Å². The molecule has 1 aromatic heterocycles. The van der Waals surface area contributed by atoms with Gasteiger partial charge in [0.2, 0.25) is 0 Å². The number of halogens is 1. The molecule has 0 atom stereocenters. The standard InChI is InChI=1S/C24H31ClN6O/c1-29-12-14-31(15-13-29)21-6-9-26-23(16-21)24(32)28-27-17-19-7-10-30(11-8-19)18-20-4-2-3-5-22(20)25/h2-6,9,16-17,19H,7-8,10-15,18H2,1H3,(H,28,32). The van der Waals surface area contributed by atoms with Gasteiger partial charge in [0, 0.05) is 55.8 Å². The van der Waals surface area contributed by atoms with E-state index in [2.05, 4.69) is 43.3 Å². The largest absolute Gasteiger partial charge is 0.369 e. The van der Waals surface area contributed by atoms with Gasteiger partial charge in [-0.1, -0.05) is 29.8 Å². The zero-order valence-corrected chi connectivity index (χ0v) is 19.3. The first-order valence-electron chi connectivity index (χ1n) is 11.3. The number of hydrogen-bond acceptors (Lipinski definition) is 6. The Morgan fingerprint density at radius 3 is 2.66 bits per heavy atom. The number of nitrogens with one attached hydrogen (secondary N) is 1. The topological polar surface area (TPSA) is 64.1 Å². The zero-order chi connectivity index (χ0) is 22.3. The second kappa shape index (κ2) is 10.9. The van der Waals surface area contributed by atoms with E-state index in [9.17, 15) is 4.79 Å². The molecule has 2 fully saturated rings. The van der Waals surface area contributed by atoms with E-state index < -0.39 is 0 Å². The van der Waals surface area contributed by atoms with E-state index in [1.54, 1.807) is 6.20 Å². The number of amides is 1. The van der Waals surface area contributed by atoms with Gasteiger partial charge in [0.05, 0.1) is 0 Å². The lowest BCUT2D eigenvalue weighted by Gasteiger charge is -2.34. The highest BCUT2D eigenvalue weighted by Crippen LogP contribution is 2.21. The summed E-state index contributed by atoms with van der Waals surface area (Å²) in [6.07, 6.45) is 5.60. The minimum absolute atomic E-state index is 0.270. The van der Waals surface area contributed by atoms with Gasteiger partial charge in [-0.3, -0.25) is 14.7 Å². The number of carbonyl (C=O) groups excluding carboxylic acids is 1. The molecule has 8 heteroatoms. The Morgan fingerprint density at radius 2 is 1.91 bits per heavy atom. The van der Waals surface area contributed by atoms with Crippen LogP contribution in [0.4, 0.5) is 5.69 Å². The van der Waals surface area contributed by atoms with E-state index >= 15 is 0 Å². The lowest BCUT2D eigenvalue weighted by Crippen LogP contribution is -2.44. The van der Waals surface area contributed by atoms with Crippen LogP contribution >= 0.6 is 11.6 Å². The quantitative estimate of drug-likeness (QED) is 0.536. The number of nitrogens with zero attached hydrogens (tertiary/aromatic N) is 5. The molecule has 4 rings (SSSR count). The second-order valence-corrected chi connectivity index (χ2v) is 9.02. The maximum Gasteiger partial charge on any atom is 0.290 e. The predicted molar refractivity (Wildman–Crippen MR) is 129 cm³/mol. The van der Waals surface area contributed by atoms with Crippen molar-refractivity contribution in [3.63, 3.8) is 0 Å². The van der Waals surface area contributed by atoms with Gasteiger partial charge in [-0.25, -0.2) is 5.43 Å². The van der Waals surface area contributed by atoms with Crippen LogP contribution in [0.3, 0.4) is 0 Å². The van der Waals surface area contributed by atoms with Crippen molar-refractivity contribution in [2.45, 2.75) is 19.4 Å². The molecule has 0 unspecified atom stereocenters. The first-order chi connectivity index (χ1) is 15.6. The molecule has 2 aliphatic heterocycles. The van der Waals surface area contributed by atoms with Crippen molar-refractivity contribution in [3.8, 4) is 0 Å². The first-order valence-corrected chi connectivity index (χ1v) is 11.6. The van der Waals surface area contributed by atoms with Gasteiger partial charge in [0.25, 0.3) is 5.91 Å². The van der Waals surface area contributed by atoms with Crippen LogP contribution in [0.2, 0.25) is 5.02 Å². The number of aromatic nitrogens is 1. The van der Waals surface area contributed by atoms with Crippen molar-refractivity contribution in [2.75, 3.05) is 51.2 Å². The summed E-state index contributed by atoms with van der Waals surface area (Å²) in [6.45, 7) is 6.80. The van der Waals surface area contributed by atoms with Gasteiger partial charge in [0.1, 0.15) is 5.69 Å². The zero-order valence-electron chi connectivity index (χ0n) is 18.6. The van der Waals surface area contributed by atoms with Crippen LogP contribution in [-0.4, -0.2) is 73.2 Å². The number of likely N-dealkylation sites (tertiary alicyclic amines) is 1. The summed E-state index contributed by atoms with van der Waals surface area (Å²) in [6, 6.07) is 11.8. The Morgan fingerprint density at radius 1 is 1.16 bits per heavy atom. The minimum Gasteiger partial charge on any atom is -0.369 e. The second-order valence-electron chi connectivity index (χ2n) is 8.61. The highest BCUT2D eigenvalue weighted by atomic mass is 35.5. The minimum atomic E-state index is -0.270. The number of hydrazone groups is 1. The number of piperidine rings is 1. The van der Waals surface area contributed by atoms with E-state index in [1.165, 1.54) is 5.56 Å². The van der Waals surface area contributed by atoms with Crippen molar-refractivity contribution >= 4 is 29.4 Å². The fourth-order valence-corrected chi connectivity index (χ4v) is 4.39. The molecule has 0 saturated carbocycles. The van der Waals surface area contributed by atoms with Crippen molar-refractivity contribution in [2.24, 2.45) is 11.0 Å². The number of carbonyl (C=O) groups is 1. The fourth-order valence-electron chi connectivity index (χ4n) is 4.19. The lowest BCUT2D eigenvalue weighted by atomic mass is 9.98. The number of benzene rings is 1. The number of rotatable bonds is 6. The average molecular weight is 455 g/mol. The molecule has 0 spiro atoms. The van der Waals surface area contributed by atoms with E-state index in [1.807, 2.05) is 36.5 Å². The summed E-state index contributed by atoms with van der Waals surface area (Å²) in [5, 5.41) is 5.05. The van der Waals surface area contributed by atoms with Crippen LogP contribution < -0.4 is 10.3 Å². The summed E-state index contributed by atoms with van der Waals surface area (Å²) in [4.78, 5) is 23.8. The van der Waals surface area contributed by atoms with Crippen LogP contribution in [0.25, 0.3) is 0 Å². The Bertz CT molecular complexity index is 936. The van der Waals surface area contributed by atoms with Gasteiger partial charge in [-0.05, 0) is 62.7 Å². The third kappa shape index (κ3) is 6.06. The molecule has 7 nitrogen and oxygen atoms in total. The molecule has 2 aliphatic rings. The molecular weight excluding hydrogens is 424 g/mol. The van der Waals surface area contributed by atoms with Gasteiger partial charge in [-0.2, -0.15) is 5.10 Å². The SMILES string of the molecule is CN1CCN(c2ccnc(C(=O)NN=CC3CCN(Cc4ccccc4Cl)CC3)c2)CC1. The van der Waals surface area contributed by atoms with Crippen molar-refractivity contribution in [3.05, 3.63) is 58.9 Å². The molecule has 1 N–H and O–H groups in total. The molecule has 170 valence electrons. The van der Waals surface area contributed by atoms with Crippen molar-refractivity contribution < 1.29 is 4.79 Å². The normalized spacial score (nSPS) is 18.9. The molecule has 3 heterocycles. The molecule has 2 saturated heterocycles. The van der Waals surface area contributed by atoms with E-state index in [0.29, 0.717) is 11.6 Å². The van der Waals surface area contributed by atoms with E-state index in [4.69, 9.17) is 11.6 Å². The highest BCUT2D eigenvalue weighted by molar-refractivity contribution is 6.31. The summed E-state index contributed by atoms with van der Waals surface area (Å²) in [7, 11) is 2.13. The van der Waals surface area contributed by atoms with E-state index in [0.717, 1.165) is 69.4 Å². The van der Waals surface area contributed by atoms with Crippen LogP contribution in [0.1, 0.15) is 28.9 Å². The molecule has 1 aromatic carbocycles. The summed E-state index contributed by atoms with van der Waals surface area (Å²) in [5.74, 6) is 0.0933. The molecule has 0 bridgehead atoms. The lowest BCUT2D eigenvalue weighted by molar-refractivity contribution is 0.0949. The molecule has 0 radical (unpaired) electrons. The Balaban J connectivity index is 1.24. The summed E-state index contributed by atoms with van der Waals surface area (Å²) in [5.41, 5.74) is 5.25. The third-order valence-electron chi connectivity index (χ3n) is 6.28. The summed E-state index contributed by atoms with van der Waals surface area (Å²) >= 11 is 6.28. The number of hydrogen-bond donors (Lipinski definition) is 1. The highest BCUT2D eigenvalue weighted by Gasteiger charge is 2.19. The smallest absolute Gasteiger partial charge is 0.290 e. The third-order valence-corrected chi connectivity index (χ3v) is 6.65. The van der Waals surface area contributed by atoms with Crippen LogP contribution in [-0.2, 0) is 6.54 Å². The number of likely N-dealkylation sites (N-methyl/N-ethyl adjacent to an activating group) is 1. The fraction of sp³-hybridized carbons (Fsp3) is 0.458. The number of anilines is 1. The number of pyridine rings is 1. The first kappa shape index (κ1) is 22.7. The summed E-state index contributed by atoms with van der Waals surface area (Å²) < 4.78 is 0. The predicted octanol–water partition coefficient (Wildman–Crippen LogP) is 3.11. The molecule has 2 aromatic rings. The number of piperazine rings is 1. The Kier molecular flexibility index (Phi) is 7.73. The van der Waals surface area contributed by atoms with Crippen molar-refractivity contribution in [1.82, 2.24) is 20.2 Å². The van der Waals surface area contributed by atoms with Crippen molar-refractivity contribution in [1.29, 1.82) is 0 Å². The maximum atomic E-state index is 12.5. The Hall–Kier alpha value is -2.48. The molecule has 1 amide bonds. The van der Waals surface area contributed by atoms with Crippen LogP contribution in [0.5, 0.6) is 0 Å². The van der Waals surface area contributed by atoms with Gasteiger partial charge >= 0.3 is 0 Å². The van der Waals surface area contributed by atoms with Gasteiger partial charge in [0.15, 0.2) is 0 Å². The maximum absolute atomic E-state index is 12.5.